The minimum atomic E-state index is 0. The third-order valence-electron chi connectivity index (χ3n) is 5.78. The fourth-order valence-electron chi connectivity index (χ4n) is 3.92. The van der Waals surface area contributed by atoms with Crippen molar-refractivity contribution in [2.24, 2.45) is 0 Å². The number of benzene rings is 1. The molecule has 0 aromatic heterocycles. The predicted molar refractivity (Wildman–Crippen MR) is 129 cm³/mol. The number of unbranched alkanes of at least 4 members (excludes halogenated alkanes) is 8. The Bertz CT molecular complexity index is 538. The Morgan fingerprint density at radius 3 is 1.86 bits per heavy atom. The molecule has 0 radical (unpaired) electrons. The van der Waals surface area contributed by atoms with Crippen LogP contribution in [0.25, 0.3) is 0 Å². The smallest absolute Gasteiger partial charge is 0.200 e. The molecule has 0 aliphatic rings. The van der Waals surface area contributed by atoms with Gasteiger partial charge in [0.25, 0.3) is 0 Å². The molecule has 1 rings (SSSR count). The normalized spacial score (nSPS) is 12.2. The van der Waals surface area contributed by atoms with Gasteiger partial charge in [0.2, 0.25) is 4.05 Å². The molecule has 0 N–H and O–H groups in total. The van der Waals surface area contributed by atoms with Crippen LogP contribution in [0.4, 0.5) is 0 Å². The number of terminal acetylenes is 1. The van der Waals surface area contributed by atoms with E-state index in [1.165, 1.54) is 88.4 Å². The van der Waals surface area contributed by atoms with Crippen molar-refractivity contribution in [2.75, 3.05) is 13.1 Å². The number of hydrogen-bond donors (Lipinski definition) is 0. The van der Waals surface area contributed by atoms with Gasteiger partial charge in [-0.2, -0.15) is 0 Å². The first-order valence-corrected chi connectivity index (χ1v) is 12.3. The second-order valence-electron chi connectivity index (χ2n) is 8.08. The van der Waals surface area contributed by atoms with Crippen LogP contribution < -0.4 is 12.4 Å². The highest BCUT2D eigenvalue weighted by molar-refractivity contribution is 14.1. The molecule has 0 aliphatic heterocycles. The van der Waals surface area contributed by atoms with Crippen molar-refractivity contribution in [3.8, 4) is 12.3 Å². The zero-order chi connectivity index (χ0) is 20.0. The molecule has 1 nitrogen and oxygen atoms in total. The highest BCUT2D eigenvalue weighted by Crippen LogP contribution is 2.28. The van der Waals surface area contributed by atoms with Gasteiger partial charge >= 0.3 is 0 Å². The monoisotopic (exact) mass is 517 g/mol. The van der Waals surface area contributed by atoms with E-state index in [0.29, 0.717) is 0 Å². The largest absolute Gasteiger partial charge is 1.00 e. The van der Waals surface area contributed by atoms with E-state index in [9.17, 15) is 0 Å². The van der Waals surface area contributed by atoms with Crippen LogP contribution in [0.1, 0.15) is 89.2 Å². The van der Waals surface area contributed by atoms with Gasteiger partial charge in [-0.3, -0.25) is 4.48 Å². The average Bonchev–Trinajstić information content (AvgIpc) is 2.68. The van der Waals surface area contributed by atoms with E-state index in [1.807, 2.05) is 0 Å². The van der Waals surface area contributed by atoms with Gasteiger partial charge in [-0.1, -0.05) is 76.6 Å². The predicted octanol–water partition coefficient (Wildman–Crippen LogP) is 4.65. The van der Waals surface area contributed by atoms with Gasteiger partial charge in [-0.25, -0.2) is 0 Å². The number of aryl methyl sites for hydroxylation is 1. The molecule has 28 heavy (non-hydrogen) atoms. The second kappa shape index (κ2) is 16.5. The van der Waals surface area contributed by atoms with Crippen molar-refractivity contribution in [1.82, 2.24) is 0 Å². The van der Waals surface area contributed by atoms with E-state index >= 15 is 0 Å². The van der Waals surface area contributed by atoms with Crippen LogP contribution in [0.3, 0.4) is 0 Å². The van der Waals surface area contributed by atoms with Crippen LogP contribution in [-0.4, -0.2) is 21.6 Å². The topological polar surface area (TPSA) is 0 Å². The van der Waals surface area contributed by atoms with Gasteiger partial charge in [0.05, 0.1) is 13.1 Å². The number of quaternary nitrogens is 1. The number of alkyl halides is 1. The first-order chi connectivity index (χ1) is 13.1. The molecule has 160 valence electrons. The van der Waals surface area contributed by atoms with Gasteiger partial charge in [0.1, 0.15) is 6.54 Å². The molecule has 1 aromatic carbocycles. The summed E-state index contributed by atoms with van der Waals surface area (Å²) < 4.78 is 1.31. The summed E-state index contributed by atoms with van der Waals surface area (Å²) in [6.07, 6.45) is 19.3. The van der Waals surface area contributed by atoms with E-state index in [4.69, 9.17) is 6.42 Å². The molecule has 0 spiro atoms. The number of nitrogens with zero attached hydrogens (tertiary/aromatic N) is 1. The lowest BCUT2D eigenvalue weighted by Gasteiger charge is -2.41. The van der Waals surface area contributed by atoms with Crippen LogP contribution in [0.5, 0.6) is 0 Å². The van der Waals surface area contributed by atoms with E-state index in [1.54, 1.807) is 0 Å². The maximum absolute atomic E-state index is 5.98. The maximum atomic E-state index is 5.98. The minimum Gasteiger partial charge on any atom is -1.00 e. The summed E-state index contributed by atoms with van der Waals surface area (Å²) in [4.78, 5) is 0. The summed E-state index contributed by atoms with van der Waals surface area (Å²) in [5, 5.41) is 0. The average molecular weight is 518 g/mol. The Kier molecular flexibility index (Phi) is 16.4. The van der Waals surface area contributed by atoms with Crippen molar-refractivity contribution < 1.29 is 16.9 Å². The van der Waals surface area contributed by atoms with Crippen LogP contribution in [0, 0.1) is 19.3 Å². The fourth-order valence-corrected chi connectivity index (χ4v) is 4.68. The van der Waals surface area contributed by atoms with Gasteiger partial charge in [0.15, 0.2) is 0 Å². The number of hydrogen-bond acceptors (Lipinski definition) is 0. The molecule has 0 aliphatic carbocycles. The molecule has 0 saturated carbocycles. The molecule has 0 bridgehead atoms. The zero-order valence-corrected chi connectivity index (χ0v) is 21.3. The van der Waals surface area contributed by atoms with Crippen LogP contribution in [-0.2, 0) is 6.54 Å². The summed E-state index contributed by atoms with van der Waals surface area (Å²) in [7, 11) is 0. The standard InChI is InChI=1S/C25H41IN.ClH/c1-5-8-10-12-16-20-27(25(26)7-3,21-17-13-11-9-6-2)22-24-19-15-14-18-23(24)4;/h3,14-15,18-19,25H,5-6,8-13,16-17,20-22H2,1-2,4H3;1H/q+1;/p-1. The van der Waals surface area contributed by atoms with E-state index < -0.39 is 0 Å². The molecule has 0 fully saturated rings. The van der Waals surface area contributed by atoms with Gasteiger partial charge in [-0.05, 0) is 44.1 Å². The molecule has 0 heterocycles. The molecule has 1 aromatic rings. The highest BCUT2D eigenvalue weighted by Gasteiger charge is 2.34. The minimum absolute atomic E-state index is 0. The molecule has 0 saturated heterocycles. The summed E-state index contributed by atoms with van der Waals surface area (Å²) in [5.41, 5.74) is 2.87. The lowest BCUT2D eigenvalue weighted by atomic mass is 10.0. The molecule has 1 unspecified atom stereocenters. The molecule has 0 amide bonds. The van der Waals surface area contributed by atoms with Crippen LogP contribution in [0.15, 0.2) is 24.3 Å². The Labute approximate surface area is 195 Å². The van der Waals surface area contributed by atoms with Crippen molar-refractivity contribution in [3.05, 3.63) is 35.4 Å². The van der Waals surface area contributed by atoms with Crippen molar-refractivity contribution in [2.45, 2.75) is 95.6 Å². The second-order valence-corrected chi connectivity index (χ2v) is 9.26. The molecular formula is C25H41ClIN. The zero-order valence-electron chi connectivity index (χ0n) is 18.4. The highest BCUT2D eigenvalue weighted by atomic mass is 127. The van der Waals surface area contributed by atoms with Crippen LogP contribution in [0.2, 0.25) is 0 Å². The van der Waals surface area contributed by atoms with Crippen molar-refractivity contribution in [1.29, 1.82) is 0 Å². The summed E-state index contributed by atoms with van der Waals surface area (Å²) in [6.45, 7) is 10.3. The number of rotatable bonds is 15. The van der Waals surface area contributed by atoms with E-state index in [-0.39, 0.29) is 16.5 Å². The molecule has 1 atom stereocenters. The Morgan fingerprint density at radius 1 is 0.893 bits per heavy atom. The van der Waals surface area contributed by atoms with Crippen molar-refractivity contribution in [3.63, 3.8) is 0 Å². The van der Waals surface area contributed by atoms with E-state index in [2.05, 4.69) is 73.5 Å². The lowest BCUT2D eigenvalue weighted by Crippen LogP contribution is -3.00. The van der Waals surface area contributed by atoms with Gasteiger partial charge in [0, 0.05) is 28.2 Å². The SMILES string of the molecule is C#CC(I)[N+](CCCCCCC)(CCCCCCC)Cc1ccccc1C.[Cl-]. The van der Waals surface area contributed by atoms with Crippen LogP contribution >= 0.6 is 22.6 Å². The number of halogens is 2. The molecular weight excluding hydrogens is 477 g/mol. The quantitative estimate of drug-likeness (QED) is 0.0793. The third-order valence-corrected chi connectivity index (χ3v) is 7.32. The lowest BCUT2D eigenvalue weighted by molar-refractivity contribution is -0.940. The van der Waals surface area contributed by atoms with E-state index in [0.717, 1.165) is 11.0 Å². The molecule has 3 heteroatoms. The Morgan fingerprint density at radius 2 is 1.39 bits per heavy atom. The van der Waals surface area contributed by atoms with Gasteiger partial charge < -0.3 is 12.4 Å². The fraction of sp³-hybridized carbons (Fsp3) is 0.680. The van der Waals surface area contributed by atoms with Crippen molar-refractivity contribution >= 4 is 22.6 Å². The maximum Gasteiger partial charge on any atom is 0.200 e. The Hall–Kier alpha value is -0.240. The first kappa shape index (κ1) is 27.8. The summed E-state index contributed by atoms with van der Waals surface area (Å²) in [6, 6.07) is 8.87. The first-order valence-electron chi connectivity index (χ1n) is 11.1. The summed E-state index contributed by atoms with van der Waals surface area (Å²) >= 11 is 2.53. The third kappa shape index (κ3) is 9.99. The summed E-state index contributed by atoms with van der Waals surface area (Å²) in [5.74, 6) is 3.11. The Balaban J connectivity index is 0.00000729. The van der Waals surface area contributed by atoms with Gasteiger partial charge in [-0.15, -0.1) is 6.42 Å².